The van der Waals surface area contributed by atoms with E-state index in [-0.39, 0.29) is 11.3 Å². The first-order chi connectivity index (χ1) is 12.5. The summed E-state index contributed by atoms with van der Waals surface area (Å²) in [6.07, 6.45) is 0. The zero-order valence-electron chi connectivity index (χ0n) is 15.5. The van der Waals surface area contributed by atoms with Crippen LogP contribution in [-0.2, 0) is 0 Å². The van der Waals surface area contributed by atoms with Crippen molar-refractivity contribution in [3.63, 3.8) is 0 Å². The molecule has 26 heavy (non-hydrogen) atoms. The summed E-state index contributed by atoms with van der Waals surface area (Å²) in [5, 5.41) is 3.71. The third-order valence-electron chi connectivity index (χ3n) is 4.40. The third kappa shape index (κ3) is 3.09. The van der Waals surface area contributed by atoms with Crippen LogP contribution in [-0.4, -0.2) is 49.6 Å². The fourth-order valence-electron chi connectivity index (χ4n) is 3.11. The van der Waals surface area contributed by atoms with E-state index in [1.165, 1.54) is 0 Å². The van der Waals surface area contributed by atoms with Crippen LogP contribution >= 0.6 is 11.8 Å². The topological polar surface area (TPSA) is 74.0 Å². The molecule has 0 aliphatic carbocycles. The average Bonchev–Trinajstić information content (AvgIpc) is 3.26. The van der Waals surface area contributed by atoms with Crippen molar-refractivity contribution in [1.82, 2.24) is 10.1 Å². The number of amides is 1. The van der Waals surface area contributed by atoms with Gasteiger partial charge in [-0.25, -0.2) is 0 Å². The van der Waals surface area contributed by atoms with Crippen LogP contribution in [0.1, 0.15) is 32.7 Å². The second-order valence-electron chi connectivity index (χ2n) is 5.87. The number of hydrogen-bond donors (Lipinski definition) is 0. The van der Waals surface area contributed by atoms with E-state index in [4.69, 9.17) is 18.7 Å². The van der Waals surface area contributed by atoms with Crippen LogP contribution in [0.5, 0.6) is 17.2 Å². The lowest BCUT2D eigenvalue weighted by Crippen LogP contribution is -2.31. The molecule has 2 heterocycles. The SMILES string of the molecule is COc1cc(OC)c(C2SCCN2C(=O)c2c(C)noc2C)cc1OC. The van der Waals surface area contributed by atoms with Gasteiger partial charge < -0.3 is 23.6 Å². The number of hydrogen-bond acceptors (Lipinski definition) is 7. The summed E-state index contributed by atoms with van der Waals surface area (Å²) in [6.45, 7) is 4.16. The number of thioether (sulfide) groups is 1. The first-order valence-corrected chi connectivity index (χ1v) is 9.22. The van der Waals surface area contributed by atoms with E-state index in [0.717, 1.165) is 11.3 Å². The minimum absolute atomic E-state index is 0.0897. The van der Waals surface area contributed by atoms with Crippen LogP contribution in [0.3, 0.4) is 0 Å². The fraction of sp³-hybridized carbons (Fsp3) is 0.444. The number of ether oxygens (including phenoxy) is 3. The van der Waals surface area contributed by atoms with Crippen LogP contribution in [0, 0.1) is 13.8 Å². The highest BCUT2D eigenvalue weighted by atomic mass is 32.2. The number of methoxy groups -OCH3 is 3. The molecule has 0 N–H and O–H groups in total. The van der Waals surface area contributed by atoms with Gasteiger partial charge in [-0.2, -0.15) is 0 Å². The van der Waals surface area contributed by atoms with Gasteiger partial charge in [-0.15, -0.1) is 11.8 Å². The van der Waals surface area contributed by atoms with Gasteiger partial charge in [0.2, 0.25) is 0 Å². The van der Waals surface area contributed by atoms with Gasteiger partial charge in [0, 0.05) is 23.9 Å². The molecule has 1 unspecified atom stereocenters. The molecule has 1 aromatic heterocycles. The predicted molar refractivity (Wildman–Crippen MR) is 98.3 cm³/mol. The van der Waals surface area contributed by atoms with Gasteiger partial charge in [0.05, 0.1) is 27.0 Å². The Bertz CT molecular complexity index is 801. The van der Waals surface area contributed by atoms with E-state index in [1.54, 1.807) is 53.0 Å². The largest absolute Gasteiger partial charge is 0.496 e. The molecular weight excluding hydrogens is 356 g/mol. The van der Waals surface area contributed by atoms with E-state index in [1.807, 2.05) is 11.0 Å². The minimum atomic E-state index is -0.189. The number of benzene rings is 1. The molecule has 0 radical (unpaired) electrons. The van der Waals surface area contributed by atoms with E-state index < -0.39 is 0 Å². The Morgan fingerprint density at radius 1 is 1.15 bits per heavy atom. The van der Waals surface area contributed by atoms with Crippen LogP contribution in [0.25, 0.3) is 0 Å². The zero-order chi connectivity index (χ0) is 18.8. The van der Waals surface area contributed by atoms with Crippen LogP contribution in [0.2, 0.25) is 0 Å². The van der Waals surface area contributed by atoms with Gasteiger partial charge in [0.15, 0.2) is 11.5 Å². The van der Waals surface area contributed by atoms with E-state index in [2.05, 4.69) is 5.16 Å². The molecule has 1 fully saturated rings. The summed E-state index contributed by atoms with van der Waals surface area (Å²) in [5.41, 5.74) is 1.99. The van der Waals surface area contributed by atoms with E-state index in [9.17, 15) is 4.79 Å². The lowest BCUT2D eigenvalue weighted by molar-refractivity contribution is 0.0756. The third-order valence-corrected chi connectivity index (χ3v) is 5.64. The van der Waals surface area contributed by atoms with Crippen molar-refractivity contribution < 1.29 is 23.5 Å². The Hall–Kier alpha value is -2.35. The number of aromatic nitrogens is 1. The number of carbonyl (C=O) groups excluding carboxylic acids is 1. The van der Waals surface area contributed by atoms with Gasteiger partial charge in [0.1, 0.15) is 22.4 Å². The van der Waals surface area contributed by atoms with Crippen molar-refractivity contribution in [3.8, 4) is 17.2 Å². The van der Waals surface area contributed by atoms with Crippen LogP contribution in [0.4, 0.5) is 0 Å². The smallest absolute Gasteiger partial charge is 0.260 e. The van der Waals surface area contributed by atoms with Gasteiger partial charge in [-0.1, -0.05) is 5.16 Å². The first kappa shape index (κ1) is 18.4. The van der Waals surface area contributed by atoms with Gasteiger partial charge >= 0.3 is 0 Å². The second-order valence-corrected chi connectivity index (χ2v) is 7.06. The molecule has 0 saturated carbocycles. The molecule has 1 saturated heterocycles. The molecule has 0 spiro atoms. The molecule has 1 amide bonds. The summed E-state index contributed by atoms with van der Waals surface area (Å²) in [4.78, 5) is 14.9. The maximum absolute atomic E-state index is 13.1. The first-order valence-electron chi connectivity index (χ1n) is 8.17. The lowest BCUT2D eigenvalue weighted by Gasteiger charge is -2.26. The molecule has 140 valence electrons. The Kier molecular flexibility index (Phi) is 5.31. The van der Waals surface area contributed by atoms with Crippen molar-refractivity contribution in [2.45, 2.75) is 19.2 Å². The highest BCUT2D eigenvalue weighted by Crippen LogP contribution is 2.46. The second kappa shape index (κ2) is 7.49. The van der Waals surface area contributed by atoms with Crippen molar-refractivity contribution in [2.24, 2.45) is 0 Å². The summed E-state index contributed by atoms with van der Waals surface area (Å²) < 4.78 is 21.5. The lowest BCUT2D eigenvalue weighted by atomic mass is 10.1. The predicted octanol–water partition coefficient (Wildman–Crippen LogP) is 3.21. The molecule has 1 aliphatic heterocycles. The molecule has 0 bridgehead atoms. The van der Waals surface area contributed by atoms with Crippen molar-refractivity contribution in [1.29, 1.82) is 0 Å². The molecule has 7 nitrogen and oxygen atoms in total. The Morgan fingerprint density at radius 2 is 1.81 bits per heavy atom. The molecule has 2 aromatic rings. The minimum Gasteiger partial charge on any atom is -0.496 e. The fourth-order valence-corrected chi connectivity index (χ4v) is 4.38. The Balaban J connectivity index is 2.02. The highest BCUT2D eigenvalue weighted by Gasteiger charge is 2.36. The average molecular weight is 378 g/mol. The number of rotatable bonds is 5. The van der Waals surface area contributed by atoms with Crippen LogP contribution < -0.4 is 14.2 Å². The van der Waals surface area contributed by atoms with Gasteiger partial charge in [-0.05, 0) is 19.9 Å². The number of carbonyl (C=O) groups is 1. The maximum Gasteiger partial charge on any atom is 0.260 e. The molecule has 3 rings (SSSR count). The summed E-state index contributed by atoms with van der Waals surface area (Å²) in [5.74, 6) is 3.10. The Morgan fingerprint density at radius 3 is 2.38 bits per heavy atom. The van der Waals surface area contributed by atoms with Crippen molar-refractivity contribution in [3.05, 3.63) is 34.7 Å². The highest BCUT2D eigenvalue weighted by molar-refractivity contribution is 7.99. The molecule has 1 atom stereocenters. The maximum atomic E-state index is 13.1. The monoisotopic (exact) mass is 378 g/mol. The van der Waals surface area contributed by atoms with E-state index in [0.29, 0.717) is 40.8 Å². The van der Waals surface area contributed by atoms with E-state index >= 15 is 0 Å². The van der Waals surface area contributed by atoms with Crippen LogP contribution in [0.15, 0.2) is 16.7 Å². The number of nitrogens with zero attached hydrogens (tertiary/aromatic N) is 2. The summed E-state index contributed by atoms with van der Waals surface area (Å²) in [6, 6.07) is 3.65. The van der Waals surface area contributed by atoms with Gasteiger partial charge in [0.25, 0.3) is 5.91 Å². The normalized spacial score (nSPS) is 16.7. The molecule has 1 aromatic carbocycles. The van der Waals surface area contributed by atoms with Gasteiger partial charge in [-0.3, -0.25) is 4.79 Å². The summed E-state index contributed by atoms with van der Waals surface area (Å²) >= 11 is 1.68. The quantitative estimate of drug-likeness (QED) is 0.791. The van der Waals surface area contributed by atoms with Crippen molar-refractivity contribution in [2.75, 3.05) is 33.6 Å². The zero-order valence-corrected chi connectivity index (χ0v) is 16.3. The number of aryl methyl sites for hydroxylation is 2. The molecule has 8 heteroatoms. The summed E-state index contributed by atoms with van der Waals surface area (Å²) in [7, 11) is 4.77. The van der Waals surface area contributed by atoms with Crippen molar-refractivity contribution >= 4 is 17.7 Å². The molecule has 1 aliphatic rings. The molecular formula is C18H22N2O5S. The Labute approximate surface area is 156 Å². The standard InChI is InChI=1S/C18H22N2O5S/c1-10-16(11(2)25-19-10)17(21)20-6-7-26-18(20)12-8-14(23-4)15(24-5)9-13(12)22-3/h8-9,18H,6-7H2,1-5H3.